The zero-order valence-electron chi connectivity index (χ0n) is 11.3. The van der Waals surface area contributed by atoms with Crippen LogP contribution in [-0.2, 0) is 27.1 Å². The van der Waals surface area contributed by atoms with Crippen molar-refractivity contribution in [3.8, 4) is 0 Å². The molecule has 10 heteroatoms. The first kappa shape index (κ1) is 15.5. The molecule has 2 rings (SSSR count). The Morgan fingerprint density at radius 2 is 1.86 bits per heavy atom. The lowest BCUT2D eigenvalue weighted by Crippen LogP contribution is -2.18. The number of aryl methyl sites for hydroxylation is 2. The molecule has 0 unspecified atom stereocenters. The fourth-order valence-corrected chi connectivity index (χ4v) is 3.79. The molecule has 0 radical (unpaired) electrons. The highest BCUT2D eigenvalue weighted by molar-refractivity contribution is 7.92. The van der Waals surface area contributed by atoms with Gasteiger partial charge in [0.25, 0.3) is 10.0 Å². The molecular weight excluding hydrogens is 316 g/mol. The Hall–Kier alpha value is -1.91. The molecule has 0 amide bonds. The Labute approximate surface area is 122 Å². The van der Waals surface area contributed by atoms with Crippen LogP contribution in [0.4, 0.5) is 5.69 Å². The summed E-state index contributed by atoms with van der Waals surface area (Å²) in [5, 5.41) is 8.83. The summed E-state index contributed by atoms with van der Waals surface area (Å²) in [6.45, 7) is 1.57. The number of anilines is 1. The van der Waals surface area contributed by atoms with Crippen LogP contribution >= 0.6 is 0 Å². The SMILES string of the molecule is Cc1ccc(NS(=O)(=O)c2ccnn2C)cc1S(N)(=O)=O. The first-order valence-corrected chi connectivity index (χ1v) is 8.78. The number of benzene rings is 1. The van der Waals surface area contributed by atoms with E-state index in [0.29, 0.717) is 5.56 Å². The van der Waals surface area contributed by atoms with Gasteiger partial charge in [-0.3, -0.25) is 9.40 Å². The van der Waals surface area contributed by atoms with Gasteiger partial charge in [-0.15, -0.1) is 0 Å². The number of hydrogen-bond acceptors (Lipinski definition) is 5. The number of aromatic nitrogens is 2. The van der Waals surface area contributed by atoms with Crippen molar-refractivity contribution in [1.82, 2.24) is 9.78 Å². The van der Waals surface area contributed by atoms with Crippen LogP contribution < -0.4 is 9.86 Å². The van der Waals surface area contributed by atoms with Crippen LogP contribution in [0.25, 0.3) is 0 Å². The Morgan fingerprint density at radius 1 is 1.19 bits per heavy atom. The van der Waals surface area contributed by atoms with Crippen molar-refractivity contribution in [3.05, 3.63) is 36.0 Å². The fourth-order valence-electron chi connectivity index (χ4n) is 1.80. The molecule has 1 heterocycles. The van der Waals surface area contributed by atoms with Crippen molar-refractivity contribution in [2.75, 3.05) is 4.72 Å². The summed E-state index contributed by atoms with van der Waals surface area (Å²) in [5.41, 5.74) is 0.534. The van der Waals surface area contributed by atoms with Gasteiger partial charge < -0.3 is 0 Å². The van der Waals surface area contributed by atoms with Gasteiger partial charge in [-0.25, -0.2) is 13.6 Å². The number of primary sulfonamides is 1. The van der Waals surface area contributed by atoms with E-state index in [-0.39, 0.29) is 15.6 Å². The average Bonchev–Trinajstić information content (AvgIpc) is 2.77. The molecule has 0 saturated heterocycles. The summed E-state index contributed by atoms with van der Waals surface area (Å²) in [6.07, 6.45) is 1.35. The van der Waals surface area contributed by atoms with Crippen LogP contribution in [0.3, 0.4) is 0 Å². The van der Waals surface area contributed by atoms with Gasteiger partial charge in [0.15, 0.2) is 5.03 Å². The molecule has 3 N–H and O–H groups in total. The Kier molecular flexibility index (Phi) is 3.78. The summed E-state index contributed by atoms with van der Waals surface area (Å²) in [6, 6.07) is 5.44. The van der Waals surface area contributed by atoms with Gasteiger partial charge in [0.2, 0.25) is 10.0 Å². The molecule has 0 atom stereocenters. The third-order valence-electron chi connectivity index (χ3n) is 2.80. The molecule has 0 bridgehead atoms. The van der Waals surface area contributed by atoms with Gasteiger partial charge in [0, 0.05) is 7.05 Å². The van der Waals surface area contributed by atoms with Gasteiger partial charge in [0.05, 0.1) is 16.8 Å². The Morgan fingerprint density at radius 3 is 2.38 bits per heavy atom. The minimum atomic E-state index is -3.93. The highest BCUT2D eigenvalue weighted by Crippen LogP contribution is 2.21. The van der Waals surface area contributed by atoms with Crippen LogP contribution in [0, 0.1) is 6.92 Å². The quantitative estimate of drug-likeness (QED) is 0.827. The van der Waals surface area contributed by atoms with E-state index in [4.69, 9.17) is 5.14 Å². The van der Waals surface area contributed by atoms with E-state index in [0.717, 1.165) is 0 Å². The molecule has 2 aromatic rings. The Balaban J connectivity index is 2.44. The summed E-state index contributed by atoms with van der Waals surface area (Å²) in [5.74, 6) is 0. The zero-order chi connectivity index (χ0) is 15.8. The van der Waals surface area contributed by atoms with Crippen molar-refractivity contribution in [1.29, 1.82) is 0 Å². The highest BCUT2D eigenvalue weighted by atomic mass is 32.2. The summed E-state index contributed by atoms with van der Waals surface area (Å²) in [7, 11) is -6.30. The zero-order valence-corrected chi connectivity index (χ0v) is 12.9. The monoisotopic (exact) mass is 330 g/mol. The molecular formula is C11H14N4O4S2. The van der Waals surface area contributed by atoms with Crippen molar-refractivity contribution in [3.63, 3.8) is 0 Å². The van der Waals surface area contributed by atoms with Gasteiger partial charge in [0.1, 0.15) is 0 Å². The van der Waals surface area contributed by atoms with E-state index in [9.17, 15) is 16.8 Å². The molecule has 0 fully saturated rings. The molecule has 0 aliphatic heterocycles. The molecule has 0 aliphatic carbocycles. The van der Waals surface area contributed by atoms with Crippen molar-refractivity contribution in [2.45, 2.75) is 16.8 Å². The smallest absolute Gasteiger partial charge is 0.278 e. The van der Waals surface area contributed by atoms with Crippen molar-refractivity contribution in [2.24, 2.45) is 12.2 Å². The predicted octanol–water partition coefficient (Wildman–Crippen LogP) is 0.177. The first-order valence-electron chi connectivity index (χ1n) is 5.75. The van der Waals surface area contributed by atoms with E-state index in [1.165, 1.54) is 42.2 Å². The minimum Gasteiger partial charge on any atom is -0.278 e. The lowest BCUT2D eigenvalue weighted by molar-refractivity contribution is 0.581. The number of hydrogen-bond donors (Lipinski definition) is 2. The van der Waals surface area contributed by atoms with Crippen molar-refractivity contribution >= 4 is 25.7 Å². The second-order valence-corrected chi connectivity index (χ2v) is 7.58. The van der Waals surface area contributed by atoms with E-state index in [2.05, 4.69) is 9.82 Å². The van der Waals surface area contributed by atoms with Gasteiger partial charge in [-0.2, -0.15) is 13.5 Å². The van der Waals surface area contributed by atoms with E-state index in [1.54, 1.807) is 6.92 Å². The number of nitrogens with one attached hydrogen (secondary N) is 1. The molecule has 21 heavy (non-hydrogen) atoms. The fraction of sp³-hybridized carbons (Fsp3) is 0.182. The summed E-state index contributed by atoms with van der Waals surface area (Å²) in [4.78, 5) is -0.132. The molecule has 0 spiro atoms. The summed E-state index contributed by atoms with van der Waals surface area (Å²) >= 11 is 0. The Bertz CT molecular complexity index is 885. The van der Waals surface area contributed by atoms with Crippen LogP contribution in [0.2, 0.25) is 0 Å². The normalized spacial score (nSPS) is 12.3. The first-order chi connectivity index (χ1) is 9.61. The maximum atomic E-state index is 12.2. The topological polar surface area (TPSA) is 124 Å². The standard InChI is InChI=1S/C11H14N4O4S2/c1-8-3-4-9(7-10(8)20(12,16)17)14-21(18,19)11-5-6-13-15(11)2/h3-7,14H,1-2H3,(H2,12,16,17). The van der Waals surface area contributed by atoms with Crippen LogP contribution in [-0.4, -0.2) is 26.6 Å². The molecule has 8 nitrogen and oxygen atoms in total. The van der Waals surface area contributed by atoms with Gasteiger partial charge in [-0.05, 0) is 30.7 Å². The van der Waals surface area contributed by atoms with Crippen LogP contribution in [0.1, 0.15) is 5.56 Å². The third kappa shape index (κ3) is 3.23. The minimum absolute atomic E-state index is 0.0415. The number of nitrogens with zero attached hydrogens (tertiary/aromatic N) is 2. The van der Waals surface area contributed by atoms with Gasteiger partial charge >= 0.3 is 0 Å². The lowest BCUT2D eigenvalue weighted by atomic mass is 10.2. The van der Waals surface area contributed by atoms with E-state index < -0.39 is 20.0 Å². The molecule has 0 saturated carbocycles. The van der Waals surface area contributed by atoms with Crippen LogP contribution in [0.15, 0.2) is 40.4 Å². The third-order valence-corrected chi connectivity index (χ3v) is 5.31. The maximum Gasteiger partial charge on any atom is 0.279 e. The molecule has 0 aliphatic rings. The summed E-state index contributed by atoms with van der Waals surface area (Å²) < 4.78 is 50.7. The largest absolute Gasteiger partial charge is 0.279 e. The highest BCUT2D eigenvalue weighted by Gasteiger charge is 2.19. The molecule has 114 valence electrons. The van der Waals surface area contributed by atoms with E-state index in [1.807, 2.05) is 0 Å². The van der Waals surface area contributed by atoms with Gasteiger partial charge in [-0.1, -0.05) is 6.07 Å². The number of rotatable bonds is 4. The van der Waals surface area contributed by atoms with Crippen LogP contribution in [0.5, 0.6) is 0 Å². The van der Waals surface area contributed by atoms with Crippen molar-refractivity contribution < 1.29 is 16.8 Å². The number of sulfonamides is 2. The molecule has 1 aromatic heterocycles. The number of nitrogens with two attached hydrogens (primary N) is 1. The average molecular weight is 330 g/mol. The molecule has 1 aromatic carbocycles. The maximum absolute atomic E-state index is 12.2. The second kappa shape index (κ2) is 5.13. The predicted molar refractivity (Wildman–Crippen MR) is 76.6 cm³/mol. The second-order valence-electron chi connectivity index (χ2n) is 4.42. The van der Waals surface area contributed by atoms with E-state index >= 15 is 0 Å². The lowest BCUT2D eigenvalue weighted by Gasteiger charge is -2.10.